The summed E-state index contributed by atoms with van der Waals surface area (Å²) in [5.41, 5.74) is 3.67. The van der Waals surface area contributed by atoms with Crippen LogP contribution in [0.4, 0.5) is 0 Å². The summed E-state index contributed by atoms with van der Waals surface area (Å²) in [7, 11) is 0. The summed E-state index contributed by atoms with van der Waals surface area (Å²) in [5, 5.41) is 0.873. The van der Waals surface area contributed by atoms with Gasteiger partial charge in [0.15, 0.2) is 5.78 Å². The van der Waals surface area contributed by atoms with Crippen LogP contribution in [0.2, 0.25) is 5.02 Å². The predicted molar refractivity (Wildman–Crippen MR) is 131 cm³/mol. The summed E-state index contributed by atoms with van der Waals surface area (Å²) in [6.07, 6.45) is 0. The molecule has 0 atom stereocenters. The van der Waals surface area contributed by atoms with Gasteiger partial charge in [0.1, 0.15) is 4.83 Å². The van der Waals surface area contributed by atoms with Gasteiger partial charge in [0.25, 0.3) is 5.56 Å². The van der Waals surface area contributed by atoms with E-state index in [9.17, 15) is 14.4 Å². The van der Waals surface area contributed by atoms with E-state index in [0.717, 1.165) is 31.7 Å². The van der Waals surface area contributed by atoms with Crippen molar-refractivity contribution in [3.63, 3.8) is 0 Å². The lowest BCUT2D eigenvalue weighted by atomic mass is 9.96. The number of fused-ring (bicyclic) bond motifs is 1. The summed E-state index contributed by atoms with van der Waals surface area (Å²) >= 11 is 7.49. The molecule has 5 nitrogen and oxygen atoms in total. The van der Waals surface area contributed by atoms with Gasteiger partial charge in [0.05, 0.1) is 17.6 Å². The van der Waals surface area contributed by atoms with E-state index in [1.807, 2.05) is 46.8 Å². The van der Waals surface area contributed by atoms with E-state index in [-0.39, 0.29) is 12.3 Å². The molecule has 0 bridgehead atoms. The van der Waals surface area contributed by atoms with Gasteiger partial charge in [-0.05, 0) is 69.5 Å². The second-order valence-corrected chi connectivity index (χ2v) is 9.79. The smallest absolute Gasteiger partial charge is 0.292 e. The van der Waals surface area contributed by atoms with E-state index < -0.39 is 11.2 Å². The number of nitrogens with zero attached hydrogens (tertiary/aromatic N) is 2. The van der Waals surface area contributed by atoms with Crippen molar-refractivity contribution in [2.24, 2.45) is 0 Å². The number of rotatable bonds is 4. The van der Waals surface area contributed by atoms with E-state index >= 15 is 0 Å². The van der Waals surface area contributed by atoms with E-state index in [4.69, 9.17) is 11.6 Å². The number of Topliss-reactive ketones (excluding diaryl/α,β-unsaturated/α-hetero) is 1. The number of carbonyl (C=O) groups is 1. The highest BCUT2D eigenvalue weighted by atomic mass is 35.5. The SMILES string of the molecule is Cc1cc(C)c(C(=O)Cn2c(=O)n(-c3cccc(Cl)c3)c(=O)c3c(C)c(C)sc32)c(C)c1. The molecule has 0 unspecified atom stereocenters. The molecule has 0 aliphatic rings. The number of thiophene rings is 1. The third-order valence-corrected chi connectivity index (χ3v) is 7.24. The van der Waals surface area contributed by atoms with Crippen molar-refractivity contribution < 1.29 is 4.79 Å². The highest BCUT2D eigenvalue weighted by molar-refractivity contribution is 7.18. The number of aromatic nitrogens is 2. The third-order valence-electron chi connectivity index (χ3n) is 5.78. The van der Waals surface area contributed by atoms with Crippen molar-refractivity contribution in [1.29, 1.82) is 0 Å². The van der Waals surface area contributed by atoms with E-state index in [1.54, 1.807) is 24.3 Å². The zero-order valence-electron chi connectivity index (χ0n) is 18.6. The normalized spacial score (nSPS) is 11.3. The van der Waals surface area contributed by atoms with Gasteiger partial charge in [0.2, 0.25) is 0 Å². The lowest BCUT2D eigenvalue weighted by Crippen LogP contribution is -2.40. The first kappa shape index (κ1) is 22.2. The number of carbonyl (C=O) groups excluding carboxylic acids is 1. The second kappa shape index (κ2) is 8.19. The maximum Gasteiger partial charge on any atom is 0.337 e. The van der Waals surface area contributed by atoms with Gasteiger partial charge in [-0.25, -0.2) is 9.36 Å². The molecule has 2 aromatic heterocycles. The average molecular weight is 467 g/mol. The number of ketones is 1. The lowest BCUT2D eigenvalue weighted by molar-refractivity contribution is 0.0970. The van der Waals surface area contributed by atoms with Gasteiger partial charge in [0, 0.05) is 15.5 Å². The summed E-state index contributed by atoms with van der Waals surface area (Å²) < 4.78 is 2.53. The van der Waals surface area contributed by atoms with Crippen LogP contribution < -0.4 is 11.2 Å². The van der Waals surface area contributed by atoms with E-state index in [0.29, 0.717) is 26.5 Å². The van der Waals surface area contributed by atoms with Crippen LogP contribution in [-0.2, 0) is 6.54 Å². The average Bonchev–Trinajstić information content (AvgIpc) is 2.99. The molecular formula is C25H23ClN2O3S. The van der Waals surface area contributed by atoms with Gasteiger partial charge < -0.3 is 0 Å². The van der Waals surface area contributed by atoms with Crippen LogP contribution in [-0.4, -0.2) is 14.9 Å². The molecule has 0 saturated heterocycles. The Balaban J connectivity index is 2.00. The summed E-state index contributed by atoms with van der Waals surface area (Å²) in [4.78, 5) is 41.8. The maximum atomic E-state index is 13.6. The lowest BCUT2D eigenvalue weighted by Gasteiger charge is -2.14. The monoisotopic (exact) mass is 466 g/mol. The summed E-state index contributed by atoms with van der Waals surface area (Å²) in [5.74, 6) is -0.164. The number of aryl methyl sites for hydroxylation is 5. The van der Waals surface area contributed by atoms with Gasteiger partial charge in [-0.3, -0.25) is 14.2 Å². The first-order valence-corrected chi connectivity index (χ1v) is 11.4. The maximum absolute atomic E-state index is 13.6. The highest BCUT2D eigenvalue weighted by Crippen LogP contribution is 2.28. The predicted octanol–water partition coefficient (Wildman–Crippen LogP) is 5.29. The Morgan fingerprint density at radius 3 is 2.28 bits per heavy atom. The van der Waals surface area contributed by atoms with Crippen LogP contribution in [0.25, 0.3) is 15.9 Å². The Kier molecular flexibility index (Phi) is 5.69. The fraction of sp³-hybridized carbons (Fsp3) is 0.240. The molecule has 2 heterocycles. The quantitative estimate of drug-likeness (QED) is 0.384. The zero-order valence-corrected chi connectivity index (χ0v) is 20.1. The van der Waals surface area contributed by atoms with Crippen molar-refractivity contribution in [3.05, 3.63) is 95.0 Å². The topological polar surface area (TPSA) is 61.1 Å². The fourth-order valence-electron chi connectivity index (χ4n) is 4.28. The Bertz CT molecular complexity index is 1500. The van der Waals surface area contributed by atoms with Crippen LogP contribution in [0.15, 0.2) is 46.0 Å². The standard InChI is InChI=1S/C25H23ClN2O3S/c1-13-9-14(2)21(15(3)10-13)20(29)12-27-24-22(16(4)17(5)32-24)23(30)28(25(27)31)19-8-6-7-18(26)11-19/h6-11H,12H2,1-5H3. The fourth-order valence-corrected chi connectivity index (χ4v) is 5.61. The molecule has 164 valence electrons. The second-order valence-electron chi connectivity index (χ2n) is 8.15. The molecule has 32 heavy (non-hydrogen) atoms. The molecule has 0 saturated carbocycles. The first-order chi connectivity index (χ1) is 15.1. The Morgan fingerprint density at radius 1 is 1.00 bits per heavy atom. The number of hydrogen-bond acceptors (Lipinski definition) is 4. The van der Waals surface area contributed by atoms with Crippen LogP contribution in [0.3, 0.4) is 0 Å². The molecule has 2 aromatic carbocycles. The van der Waals surface area contributed by atoms with Crippen molar-refractivity contribution in [3.8, 4) is 5.69 Å². The summed E-state index contributed by atoms with van der Waals surface area (Å²) in [6, 6.07) is 10.5. The number of benzene rings is 2. The molecule has 0 spiro atoms. The minimum atomic E-state index is -0.554. The molecule has 0 aliphatic carbocycles. The molecular weight excluding hydrogens is 444 g/mol. The molecule has 0 aliphatic heterocycles. The molecule has 4 rings (SSSR count). The Hall–Kier alpha value is -2.96. The Morgan fingerprint density at radius 2 is 1.66 bits per heavy atom. The molecule has 0 N–H and O–H groups in total. The molecule has 0 fully saturated rings. The van der Waals surface area contributed by atoms with Crippen LogP contribution in [0.5, 0.6) is 0 Å². The van der Waals surface area contributed by atoms with Gasteiger partial charge in [-0.2, -0.15) is 0 Å². The van der Waals surface area contributed by atoms with Crippen molar-refractivity contribution in [1.82, 2.24) is 9.13 Å². The third kappa shape index (κ3) is 3.63. The van der Waals surface area contributed by atoms with Crippen LogP contribution >= 0.6 is 22.9 Å². The molecule has 0 amide bonds. The minimum absolute atomic E-state index is 0.152. The molecule has 0 radical (unpaired) electrons. The van der Waals surface area contributed by atoms with Gasteiger partial charge in [-0.1, -0.05) is 35.4 Å². The van der Waals surface area contributed by atoms with E-state index in [2.05, 4.69) is 0 Å². The largest absolute Gasteiger partial charge is 0.337 e. The summed E-state index contributed by atoms with van der Waals surface area (Å²) in [6.45, 7) is 9.41. The van der Waals surface area contributed by atoms with E-state index in [1.165, 1.54) is 15.9 Å². The minimum Gasteiger partial charge on any atom is -0.292 e. The van der Waals surface area contributed by atoms with Crippen molar-refractivity contribution >= 4 is 38.9 Å². The highest BCUT2D eigenvalue weighted by Gasteiger charge is 2.22. The molecule has 4 aromatic rings. The van der Waals surface area contributed by atoms with Crippen molar-refractivity contribution in [2.75, 3.05) is 0 Å². The number of hydrogen-bond donors (Lipinski definition) is 0. The Labute approximate surface area is 194 Å². The number of halogens is 1. The molecule has 7 heteroatoms. The van der Waals surface area contributed by atoms with Crippen molar-refractivity contribution in [2.45, 2.75) is 41.2 Å². The van der Waals surface area contributed by atoms with Gasteiger partial charge in [-0.15, -0.1) is 11.3 Å². The first-order valence-electron chi connectivity index (χ1n) is 10.2. The van der Waals surface area contributed by atoms with Crippen LogP contribution in [0.1, 0.15) is 37.5 Å². The van der Waals surface area contributed by atoms with Gasteiger partial charge >= 0.3 is 5.69 Å². The zero-order chi connectivity index (χ0) is 23.3. The van der Waals surface area contributed by atoms with Crippen LogP contribution in [0, 0.1) is 34.6 Å².